The third-order valence-electron chi connectivity index (χ3n) is 3.54. The molecule has 5 nitrogen and oxygen atoms in total. The van der Waals surface area contributed by atoms with Crippen LogP contribution in [0.2, 0.25) is 20.2 Å². The van der Waals surface area contributed by atoms with Crippen LogP contribution < -0.4 is 5.32 Å². The fourth-order valence-corrected chi connectivity index (χ4v) is 3.31. The number of benzene rings is 2. The zero-order valence-corrected chi connectivity index (χ0v) is 16.2. The van der Waals surface area contributed by atoms with Crippen LogP contribution in [-0.4, -0.2) is 20.9 Å². The molecule has 1 N–H and O–H groups in total. The number of carbonyl (C=O) groups excluding carboxylic acids is 1. The van der Waals surface area contributed by atoms with Crippen LogP contribution in [0.25, 0.3) is 0 Å². The Hall–Kier alpha value is -1.79. The summed E-state index contributed by atoms with van der Waals surface area (Å²) in [5, 5.41) is 12.2. The van der Waals surface area contributed by atoms with Gasteiger partial charge in [0.15, 0.2) is 10.8 Å². The molecule has 0 saturated heterocycles. The highest BCUT2D eigenvalue weighted by molar-refractivity contribution is 6.34. The fraction of sp³-hybridized carbons (Fsp3) is 0.118. The van der Waals surface area contributed by atoms with E-state index in [4.69, 9.17) is 46.4 Å². The summed E-state index contributed by atoms with van der Waals surface area (Å²) in [6.45, 7) is 0.537. The number of nitrogens with zero attached hydrogens (tertiary/aromatic N) is 3. The van der Waals surface area contributed by atoms with Gasteiger partial charge in [-0.2, -0.15) is 0 Å². The number of nitrogens with one attached hydrogen (secondary N) is 1. The Kier molecular flexibility index (Phi) is 6.04. The largest absolute Gasteiger partial charge is 0.346 e. The number of hydrogen-bond acceptors (Lipinski definition) is 3. The highest BCUT2D eigenvalue weighted by atomic mass is 35.5. The Balaban J connectivity index is 1.71. The molecule has 1 heterocycles. The van der Waals surface area contributed by atoms with Gasteiger partial charge < -0.3 is 5.32 Å². The predicted molar refractivity (Wildman–Crippen MR) is 103 cm³/mol. The minimum atomic E-state index is -0.440. The summed E-state index contributed by atoms with van der Waals surface area (Å²) in [6, 6.07) is 12.3. The van der Waals surface area contributed by atoms with Gasteiger partial charge in [0.1, 0.15) is 0 Å². The third-order valence-corrected chi connectivity index (χ3v) is 4.72. The van der Waals surface area contributed by atoms with Gasteiger partial charge in [-0.25, -0.2) is 4.68 Å². The number of carbonyl (C=O) groups is 1. The van der Waals surface area contributed by atoms with Gasteiger partial charge in [-0.15, -0.1) is 5.10 Å². The second-order valence-corrected chi connectivity index (χ2v) is 7.08. The van der Waals surface area contributed by atoms with Crippen LogP contribution in [0.4, 0.5) is 0 Å². The van der Waals surface area contributed by atoms with Gasteiger partial charge in [-0.3, -0.25) is 4.79 Å². The van der Waals surface area contributed by atoms with Crippen molar-refractivity contribution in [3.63, 3.8) is 0 Å². The molecule has 0 spiro atoms. The summed E-state index contributed by atoms with van der Waals surface area (Å²) in [5.74, 6) is -0.440. The average molecular weight is 430 g/mol. The molecule has 3 rings (SSSR count). The van der Waals surface area contributed by atoms with Gasteiger partial charge in [0.05, 0.1) is 6.54 Å². The van der Waals surface area contributed by atoms with E-state index >= 15 is 0 Å². The molecule has 0 aliphatic rings. The highest BCUT2D eigenvalue weighted by Crippen LogP contribution is 2.21. The number of rotatable bonds is 5. The van der Waals surface area contributed by atoms with Crippen molar-refractivity contribution in [2.75, 3.05) is 0 Å². The SMILES string of the molecule is O=C(NCc1ccccc1Cl)c1nnn(Cc2cc(Cl)cc(Cl)c2)c1Cl. The first kappa shape index (κ1) is 19.0. The molecule has 0 aliphatic carbocycles. The molecular formula is C17H12Cl4N4O. The van der Waals surface area contributed by atoms with Crippen molar-refractivity contribution in [2.24, 2.45) is 0 Å². The third kappa shape index (κ3) is 4.48. The molecule has 3 aromatic rings. The number of aromatic nitrogens is 3. The second kappa shape index (κ2) is 8.27. The lowest BCUT2D eigenvalue weighted by Gasteiger charge is -2.06. The zero-order valence-electron chi connectivity index (χ0n) is 13.2. The summed E-state index contributed by atoms with van der Waals surface area (Å²) in [7, 11) is 0. The molecule has 2 aromatic carbocycles. The summed E-state index contributed by atoms with van der Waals surface area (Å²) in [5.41, 5.74) is 1.61. The highest BCUT2D eigenvalue weighted by Gasteiger charge is 2.18. The molecule has 0 radical (unpaired) electrons. The zero-order chi connectivity index (χ0) is 18.7. The molecule has 0 atom stereocenters. The van der Waals surface area contributed by atoms with E-state index in [0.717, 1.165) is 11.1 Å². The van der Waals surface area contributed by atoms with Gasteiger partial charge in [-0.1, -0.05) is 69.8 Å². The molecule has 0 aliphatic heterocycles. The fourth-order valence-electron chi connectivity index (χ4n) is 2.32. The van der Waals surface area contributed by atoms with Gasteiger partial charge in [0.2, 0.25) is 0 Å². The first-order chi connectivity index (χ1) is 12.4. The molecule has 0 unspecified atom stereocenters. The summed E-state index contributed by atoms with van der Waals surface area (Å²) < 4.78 is 1.40. The molecule has 134 valence electrons. The Morgan fingerprint density at radius 3 is 2.42 bits per heavy atom. The van der Waals surface area contributed by atoms with E-state index in [1.165, 1.54) is 4.68 Å². The second-order valence-electron chi connectivity index (χ2n) is 5.44. The summed E-state index contributed by atoms with van der Waals surface area (Å²) >= 11 is 24.3. The minimum Gasteiger partial charge on any atom is -0.346 e. The number of halogens is 4. The smallest absolute Gasteiger partial charge is 0.275 e. The lowest BCUT2D eigenvalue weighted by atomic mass is 10.2. The van der Waals surface area contributed by atoms with Crippen LogP contribution in [0.3, 0.4) is 0 Å². The van der Waals surface area contributed by atoms with Crippen molar-refractivity contribution < 1.29 is 4.79 Å². The molecular weight excluding hydrogens is 418 g/mol. The maximum Gasteiger partial charge on any atom is 0.275 e. The lowest BCUT2D eigenvalue weighted by Crippen LogP contribution is -2.23. The average Bonchev–Trinajstić information content (AvgIpc) is 2.94. The van der Waals surface area contributed by atoms with Crippen LogP contribution in [0.1, 0.15) is 21.6 Å². The van der Waals surface area contributed by atoms with E-state index in [0.29, 0.717) is 15.1 Å². The maximum atomic E-state index is 12.3. The normalized spacial score (nSPS) is 10.8. The molecule has 1 aromatic heterocycles. The van der Waals surface area contributed by atoms with Crippen molar-refractivity contribution in [1.29, 1.82) is 0 Å². The van der Waals surface area contributed by atoms with Crippen LogP contribution >= 0.6 is 46.4 Å². The van der Waals surface area contributed by atoms with Gasteiger partial charge >= 0.3 is 0 Å². The van der Waals surface area contributed by atoms with E-state index in [2.05, 4.69) is 15.6 Å². The van der Waals surface area contributed by atoms with E-state index in [-0.39, 0.29) is 23.9 Å². The van der Waals surface area contributed by atoms with E-state index in [1.807, 2.05) is 18.2 Å². The Morgan fingerprint density at radius 2 is 1.73 bits per heavy atom. The quantitative estimate of drug-likeness (QED) is 0.629. The van der Waals surface area contributed by atoms with Crippen LogP contribution in [0, 0.1) is 0 Å². The summed E-state index contributed by atoms with van der Waals surface area (Å²) in [6.07, 6.45) is 0. The van der Waals surface area contributed by atoms with Crippen molar-refractivity contribution in [3.8, 4) is 0 Å². The molecule has 0 saturated carbocycles. The Labute approximate surface area is 169 Å². The summed E-state index contributed by atoms with van der Waals surface area (Å²) in [4.78, 5) is 12.3. The van der Waals surface area contributed by atoms with Crippen molar-refractivity contribution >= 4 is 52.3 Å². The number of hydrogen-bond donors (Lipinski definition) is 1. The molecule has 1 amide bonds. The first-order valence-corrected chi connectivity index (χ1v) is 9.01. The van der Waals surface area contributed by atoms with Crippen LogP contribution in [0.15, 0.2) is 42.5 Å². The van der Waals surface area contributed by atoms with Crippen LogP contribution in [0.5, 0.6) is 0 Å². The van der Waals surface area contributed by atoms with Crippen molar-refractivity contribution in [3.05, 3.63) is 79.5 Å². The topological polar surface area (TPSA) is 59.8 Å². The maximum absolute atomic E-state index is 12.3. The predicted octanol–water partition coefficient (Wildman–Crippen LogP) is 4.87. The molecule has 26 heavy (non-hydrogen) atoms. The van der Waals surface area contributed by atoms with Gasteiger partial charge in [0, 0.05) is 21.6 Å². The molecule has 0 bridgehead atoms. The van der Waals surface area contributed by atoms with E-state index in [9.17, 15) is 4.79 Å². The van der Waals surface area contributed by atoms with E-state index in [1.54, 1.807) is 24.3 Å². The Bertz CT molecular complexity index is 937. The minimum absolute atomic E-state index is 0.0341. The van der Waals surface area contributed by atoms with E-state index < -0.39 is 5.91 Å². The van der Waals surface area contributed by atoms with Crippen molar-refractivity contribution in [1.82, 2.24) is 20.3 Å². The van der Waals surface area contributed by atoms with Gasteiger partial charge in [0.25, 0.3) is 5.91 Å². The molecule has 9 heteroatoms. The van der Waals surface area contributed by atoms with Crippen LogP contribution in [-0.2, 0) is 13.1 Å². The number of amides is 1. The van der Waals surface area contributed by atoms with Gasteiger partial charge in [-0.05, 0) is 35.4 Å². The lowest BCUT2D eigenvalue weighted by molar-refractivity contribution is 0.0946. The standard InChI is InChI=1S/C17H12Cl4N4O/c18-12-5-10(6-13(19)7-12)9-25-16(21)15(23-24-25)17(26)22-8-11-3-1-2-4-14(11)20/h1-7H,8-9H2,(H,22,26). The Morgan fingerprint density at radius 1 is 1.04 bits per heavy atom. The van der Waals surface area contributed by atoms with Crippen molar-refractivity contribution in [2.45, 2.75) is 13.1 Å². The monoisotopic (exact) mass is 428 g/mol. The molecule has 0 fully saturated rings. The first-order valence-electron chi connectivity index (χ1n) is 7.49.